The Hall–Kier alpha value is -2.02. The van der Waals surface area contributed by atoms with Gasteiger partial charge in [-0.2, -0.15) is 5.26 Å². The van der Waals surface area contributed by atoms with E-state index in [0.717, 1.165) is 17.5 Å². The molecule has 4 heteroatoms. The van der Waals surface area contributed by atoms with Crippen LogP contribution in [-0.4, -0.2) is 17.7 Å². The average Bonchev–Trinajstić information content (AvgIpc) is 3.05. The van der Waals surface area contributed by atoms with E-state index in [1.807, 2.05) is 45.9 Å². The second-order valence-corrected chi connectivity index (χ2v) is 6.30. The van der Waals surface area contributed by atoms with E-state index in [1.165, 1.54) is 0 Å². The van der Waals surface area contributed by atoms with Crippen LogP contribution >= 0.6 is 0 Å². The van der Waals surface area contributed by atoms with Crippen LogP contribution in [0.4, 0.5) is 4.79 Å². The quantitative estimate of drug-likeness (QED) is 0.899. The van der Waals surface area contributed by atoms with E-state index in [9.17, 15) is 4.79 Å². The number of nitriles is 1. The minimum atomic E-state index is -0.490. The molecule has 0 aliphatic heterocycles. The largest absolute Gasteiger partial charge is 0.444 e. The lowest BCUT2D eigenvalue weighted by molar-refractivity contribution is 0.0523. The number of ether oxygens (including phenoxy) is 1. The molecule has 1 N–H and O–H groups in total. The smallest absolute Gasteiger partial charge is 0.407 e. The summed E-state index contributed by atoms with van der Waals surface area (Å²) >= 11 is 0. The fraction of sp³-hybridized carbons (Fsp3) is 0.500. The monoisotopic (exact) mass is 272 g/mol. The number of nitrogens with one attached hydrogen (secondary N) is 1. The minimum Gasteiger partial charge on any atom is -0.444 e. The first-order valence-corrected chi connectivity index (χ1v) is 6.80. The molecule has 0 spiro atoms. The molecule has 1 aromatic rings. The van der Waals surface area contributed by atoms with Gasteiger partial charge in [0.2, 0.25) is 0 Å². The molecule has 1 fully saturated rings. The summed E-state index contributed by atoms with van der Waals surface area (Å²) in [6.45, 7) is 7.52. The Morgan fingerprint density at radius 3 is 2.75 bits per heavy atom. The Balaban J connectivity index is 2.01. The highest BCUT2D eigenvalue weighted by atomic mass is 16.6. The lowest BCUT2D eigenvalue weighted by Crippen LogP contribution is -2.34. The second-order valence-electron chi connectivity index (χ2n) is 6.30. The van der Waals surface area contributed by atoms with Crippen molar-refractivity contribution in [2.45, 2.75) is 51.7 Å². The van der Waals surface area contributed by atoms with E-state index < -0.39 is 11.7 Å². The number of rotatable bonds is 2. The van der Waals surface area contributed by atoms with E-state index in [1.54, 1.807) is 0 Å². The van der Waals surface area contributed by atoms with Crippen molar-refractivity contribution in [2.75, 3.05) is 0 Å². The van der Waals surface area contributed by atoms with Crippen LogP contribution in [0.2, 0.25) is 0 Å². The van der Waals surface area contributed by atoms with Crippen LogP contribution in [0.5, 0.6) is 0 Å². The van der Waals surface area contributed by atoms with Gasteiger partial charge in [-0.05, 0) is 45.7 Å². The number of benzene rings is 1. The van der Waals surface area contributed by atoms with E-state index in [2.05, 4.69) is 11.4 Å². The molecule has 0 saturated heterocycles. The van der Waals surface area contributed by atoms with Gasteiger partial charge >= 0.3 is 6.09 Å². The summed E-state index contributed by atoms with van der Waals surface area (Å²) in [5.74, 6) is 0.220. The number of aryl methyl sites for hydroxylation is 1. The van der Waals surface area contributed by atoms with Gasteiger partial charge in [-0.15, -0.1) is 0 Å². The molecule has 20 heavy (non-hydrogen) atoms. The van der Waals surface area contributed by atoms with Gasteiger partial charge in [-0.3, -0.25) is 0 Å². The minimum absolute atomic E-state index is 0.0683. The zero-order valence-electron chi connectivity index (χ0n) is 12.4. The fourth-order valence-corrected chi connectivity index (χ4v) is 2.25. The third-order valence-electron chi connectivity index (χ3n) is 3.22. The van der Waals surface area contributed by atoms with Crippen molar-refractivity contribution in [2.24, 2.45) is 0 Å². The highest BCUT2D eigenvalue weighted by Crippen LogP contribution is 2.42. The molecule has 0 bridgehead atoms. The molecule has 2 atom stereocenters. The van der Waals surface area contributed by atoms with Gasteiger partial charge in [0, 0.05) is 12.0 Å². The Labute approximate surface area is 119 Å². The molecule has 1 aliphatic carbocycles. The second kappa shape index (κ2) is 5.16. The number of alkyl carbamates (subject to hydrolysis) is 1. The van der Waals surface area contributed by atoms with Crippen molar-refractivity contribution in [1.29, 1.82) is 5.26 Å². The summed E-state index contributed by atoms with van der Waals surface area (Å²) in [6.07, 6.45) is 0.466. The van der Waals surface area contributed by atoms with Crippen molar-refractivity contribution in [1.82, 2.24) is 5.32 Å². The zero-order valence-corrected chi connectivity index (χ0v) is 12.4. The van der Waals surface area contributed by atoms with Gasteiger partial charge in [0.15, 0.2) is 0 Å². The molecule has 1 saturated carbocycles. The Kier molecular flexibility index (Phi) is 3.71. The van der Waals surface area contributed by atoms with E-state index in [4.69, 9.17) is 10.00 Å². The molecule has 106 valence electrons. The number of amides is 1. The number of carbonyl (C=O) groups is 1. The predicted octanol–water partition coefficient (Wildman–Crippen LogP) is 3.25. The van der Waals surface area contributed by atoms with Gasteiger partial charge in [0.05, 0.1) is 11.6 Å². The SMILES string of the molecule is Cc1ccc(C#N)c([C@@H]2C[C@H]2NC(=O)OC(C)(C)C)c1. The van der Waals surface area contributed by atoms with Crippen LogP contribution in [0.1, 0.15) is 49.8 Å². The highest BCUT2D eigenvalue weighted by Gasteiger charge is 2.41. The molecular weight excluding hydrogens is 252 g/mol. The van der Waals surface area contributed by atoms with Crippen LogP contribution in [0.25, 0.3) is 0 Å². The summed E-state index contributed by atoms with van der Waals surface area (Å²) in [7, 11) is 0. The fourth-order valence-electron chi connectivity index (χ4n) is 2.25. The lowest BCUT2D eigenvalue weighted by atomic mass is 10.0. The van der Waals surface area contributed by atoms with Crippen LogP contribution in [0, 0.1) is 18.3 Å². The zero-order chi connectivity index (χ0) is 14.9. The summed E-state index contributed by atoms with van der Waals surface area (Å²) in [6, 6.07) is 8.08. The maximum atomic E-state index is 11.7. The predicted molar refractivity (Wildman–Crippen MR) is 76.4 cm³/mol. The lowest BCUT2D eigenvalue weighted by Gasteiger charge is -2.19. The van der Waals surface area contributed by atoms with Gasteiger partial charge in [0.1, 0.15) is 5.60 Å². The van der Waals surface area contributed by atoms with Gasteiger partial charge < -0.3 is 10.1 Å². The molecule has 1 amide bonds. The molecule has 1 aliphatic rings. The molecule has 0 unspecified atom stereocenters. The third-order valence-corrected chi connectivity index (χ3v) is 3.22. The summed E-state index contributed by atoms with van der Waals surface area (Å²) in [5, 5.41) is 12.0. The first-order valence-electron chi connectivity index (χ1n) is 6.80. The summed E-state index contributed by atoms with van der Waals surface area (Å²) < 4.78 is 5.24. The van der Waals surface area contributed by atoms with Gasteiger partial charge in [-0.25, -0.2) is 4.79 Å². The standard InChI is InChI=1S/C16H20N2O2/c1-10-5-6-11(9-17)12(7-10)13-8-14(13)18-15(19)20-16(2,3)4/h5-7,13-14H,8H2,1-4H3,(H,18,19)/t13-,14+/m0/s1. The maximum Gasteiger partial charge on any atom is 0.407 e. The molecule has 0 aromatic heterocycles. The number of carbonyl (C=O) groups excluding carboxylic acids is 1. The molecule has 1 aromatic carbocycles. The molecular formula is C16H20N2O2. The molecule has 0 radical (unpaired) electrons. The van der Waals surface area contributed by atoms with Crippen LogP contribution in [0.3, 0.4) is 0 Å². The number of hydrogen-bond donors (Lipinski definition) is 1. The van der Waals surface area contributed by atoms with Crippen molar-refractivity contribution in [3.8, 4) is 6.07 Å². The topological polar surface area (TPSA) is 62.1 Å². The van der Waals surface area contributed by atoms with Crippen LogP contribution in [0.15, 0.2) is 18.2 Å². The summed E-state index contributed by atoms with van der Waals surface area (Å²) in [5.41, 5.74) is 2.35. The van der Waals surface area contributed by atoms with Crippen LogP contribution < -0.4 is 5.32 Å². The van der Waals surface area contributed by atoms with Crippen molar-refractivity contribution >= 4 is 6.09 Å². The molecule has 0 heterocycles. The highest BCUT2D eigenvalue weighted by molar-refractivity contribution is 5.69. The van der Waals surface area contributed by atoms with Gasteiger partial charge in [-0.1, -0.05) is 17.7 Å². The summed E-state index contributed by atoms with van der Waals surface area (Å²) in [4.78, 5) is 11.7. The Morgan fingerprint density at radius 2 is 2.15 bits per heavy atom. The average molecular weight is 272 g/mol. The van der Waals surface area contributed by atoms with Crippen molar-refractivity contribution in [3.63, 3.8) is 0 Å². The Bertz CT molecular complexity index is 567. The van der Waals surface area contributed by atoms with Crippen LogP contribution in [-0.2, 0) is 4.74 Å². The van der Waals surface area contributed by atoms with Gasteiger partial charge in [0.25, 0.3) is 0 Å². The van der Waals surface area contributed by atoms with Crippen molar-refractivity contribution in [3.05, 3.63) is 34.9 Å². The third kappa shape index (κ3) is 3.51. The van der Waals surface area contributed by atoms with E-state index >= 15 is 0 Å². The van der Waals surface area contributed by atoms with E-state index in [0.29, 0.717) is 5.56 Å². The number of nitrogens with zero attached hydrogens (tertiary/aromatic N) is 1. The molecule has 2 rings (SSSR count). The van der Waals surface area contributed by atoms with E-state index in [-0.39, 0.29) is 12.0 Å². The molecule has 4 nitrogen and oxygen atoms in total. The maximum absolute atomic E-state index is 11.7. The van der Waals surface area contributed by atoms with Crippen molar-refractivity contribution < 1.29 is 9.53 Å². The number of hydrogen-bond acceptors (Lipinski definition) is 3. The Morgan fingerprint density at radius 1 is 1.45 bits per heavy atom. The first kappa shape index (κ1) is 14.4. The normalized spacial score (nSPS) is 20.9. The first-order chi connectivity index (χ1) is 9.30.